The second-order valence-electron chi connectivity index (χ2n) is 4.23. The molecule has 1 heterocycles. The first-order chi connectivity index (χ1) is 9.63. The first-order valence-corrected chi connectivity index (χ1v) is 6.74. The molecule has 2 N–H and O–H groups in total. The summed E-state index contributed by atoms with van der Waals surface area (Å²) < 4.78 is 0.832. The van der Waals surface area contributed by atoms with Gasteiger partial charge in [-0.3, -0.25) is 4.79 Å². The lowest BCUT2D eigenvalue weighted by molar-refractivity contribution is 0.125. The Labute approximate surface area is 120 Å². The van der Waals surface area contributed by atoms with Crippen LogP contribution in [-0.2, 0) is 0 Å². The van der Waals surface area contributed by atoms with Gasteiger partial charge in [0.05, 0.1) is 10.9 Å². The molecular weight excluding hydrogens is 278 g/mol. The van der Waals surface area contributed by atoms with Gasteiger partial charge in [0.15, 0.2) is 0 Å². The lowest BCUT2D eigenvalue weighted by Crippen LogP contribution is -2.38. The molecule has 0 saturated carbocycles. The zero-order valence-corrected chi connectivity index (χ0v) is 11.8. The number of fused-ring (bicyclic) bond motifs is 1. The molecule has 106 valence electrons. The summed E-state index contributed by atoms with van der Waals surface area (Å²) in [5.74, 6) is 0. The van der Waals surface area contributed by atoms with Gasteiger partial charge < -0.3 is 15.1 Å². The molecule has 0 atom stereocenters. The van der Waals surface area contributed by atoms with E-state index in [0.29, 0.717) is 17.4 Å². The van der Waals surface area contributed by atoms with Gasteiger partial charge in [-0.1, -0.05) is 25.5 Å². The average Bonchev–Trinajstić information content (AvgIpc) is 2.44. The monoisotopic (exact) mass is 293 g/mol. The molecule has 1 aromatic heterocycles. The lowest BCUT2D eigenvalue weighted by Gasteiger charge is -2.08. The van der Waals surface area contributed by atoms with Crippen molar-refractivity contribution in [2.24, 2.45) is 0 Å². The molecule has 0 radical (unpaired) electrons. The molecule has 20 heavy (non-hydrogen) atoms. The third-order valence-electron chi connectivity index (χ3n) is 2.74. The van der Waals surface area contributed by atoms with E-state index in [1.807, 2.05) is 6.92 Å². The molecule has 0 unspecified atom stereocenters. The minimum absolute atomic E-state index is 0.0411. The number of H-pyrrole nitrogens is 1. The van der Waals surface area contributed by atoms with Crippen molar-refractivity contribution in [3.05, 3.63) is 39.4 Å². The SMILES string of the molecule is CCCCNC(=O)On1c(=S)[nH]c2ccccc2c1=O. The molecule has 1 aromatic carbocycles. The van der Waals surface area contributed by atoms with Crippen LogP contribution < -0.4 is 15.7 Å². The van der Waals surface area contributed by atoms with Crippen LogP contribution in [0.15, 0.2) is 29.1 Å². The summed E-state index contributed by atoms with van der Waals surface area (Å²) in [6.45, 7) is 2.51. The maximum Gasteiger partial charge on any atom is 0.432 e. The summed E-state index contributed by atoms with van der Waals surface area (Å²) in [4.78, 5) is 31.6. The van der Waals surface area contributed by atoms with Crippen molar-refractivity contribution < 1.29 is 9.63 Å². The van der Waals surface area contributed by atoms with Crippen LogP contribution in [-0.4, -0.2) is 22.4 Å². The highest BCUT2D eigenvalue weighted by Crippen LogP contribution is 2.05. The van der Waals surface area contributed by atoms with E-state index in [9.17, 15) is 9.59 Å². The molecule has 0 bridgehead atoms. The predicted octanol–water partition coefficient (Wildman–Crippen LogP) is 2.00. The van der Waals surface area contributed by atoms with Crippen molar-refractivity contribution in [1.29, 1.82) is 0 Å². The fraction of sp³-hybridized carbons (Fsp3) is 0.308. The van der Waals surface area contributed by atoms with E-state index in [4.69, 9.17) is 17.1 Å². The summed E-state index contributed by atoms with van der Waals surface area (Å²) in [6, 6.07) is 6.89. The van der Waals surface area contributed by atoms with Gasteiger partial charge in [-0.25, -0.2) is 4.79 Å². The number of nitrogens with one attached hydrogen (secondary N) is 2. The van der Waals surface area contributed by atoms with E-state index in [2.05, 4.69) is 10.3 Å². The molecule has 7 heteroatoms. The van der Waals surface area contributed by atoms with Crippen LogP contribution in [0.4, 0.5) is 4.79 Å². The summed E-state index contributed by atoms with van der Waals surface area (Å²) >= 11 is 5.02. The zero-order valence-electron chi connectivity index (χ0n) is 11.0. The van der Waals surface area contributed by atoms with Crippen LogP contribution in [0, 0.1) is 4.77 Å². The highest BCUT2D eigenvalue weighted by molar-refractivity contribution is 7.71. The largest absolute Gasteiger partial charge is 0.432 e. The van der Waals surface area contributed by atoms with Gasteiger partial charge in [0, 0.05) is 6.54 Å². The molecule has 0 aliphatic carbocycles. The fourth-order valence-electron chi connectivity index (χ4n) is 1.71. The number of unbranched alkanes of at least 4 members (excludes halogenated alkanes) is 1. The number of carbonyl (C=O) groups excluding carboxylic acids is 1. The van der Waals surface area contributed by atoms with Crippen molar-refractivity contribution in [2.45, 2.75) is 19.8 Å². The Bertz CT molecular complexity index is 735. The average molecular weight is 293 g/mol. The zero-order chi connectivity index (χ0) is 14.5. The number of aromatic nitrogens is 2. The van der Waals surface area contributed by atoms with Gasteiger partial charge in [-0.2, -0.15) is 0 Å². The second kappa shape index (κ2) is 6.33. The van der Waals surface area contributed by atoms with E-state index < -0.39 is 11.7 Å². The number of amides is 1. The molecule has 2 rings (SSSR count). The smallest absolute Gasteiger partial charge is 0.329 e. The molecule has 1 amide bonds. The number of benzene rings is 1. The Balaban J connectivity index is 2.28. The molecule has 0 spiro atoms. The standard InChI is InChI=1S/C13H15N3O3S/c1-2-3-8-14-13(18)19-16-11(17)9-6-4-5-7-10(9)15-12(16)20/h4-7H,2-3,8H2,1H3,(H,14,18)(H,15,20). The number of hydrogen-bond acceptors (Lipinski definition) is 4. The third-order valence-corrected chi connectivity index (χ3v) is 3.01. The van der Waals surface area contributed by atoms with Crippen LogP contribution in [0.25, 0.3) is 10.9 Å². The lowest BCUT2D eigenvalue weighted by atomic mass is 10.2. The van der Waals surface area contributed by atoms with Crippen molar-refractivity contribution in [3.8, 4) is 0 Å². The Morgan fingerprint density at radius 2 is 2.20 bits per heavy atom. The van der Waals surface area contributed by atoms with Gasteiger partial charge in [0.2, 0.25) is 4.77 Å². The van der Waals surface area contributed by atoms with Crippen LogP contribution in [0.3, 0.4) is 0 Å². The summed E-state index contributed by atoms with van der Waals surface area (Å²) in [6.07, 6.45) is 1.10. The van der Waals surface area contributed by atoms with Crippen molar-refractivity contribution in [3.63, 3.8) is 0 Å². The summed E-state index contributed by atoms with van der Waals surface area (Å²) in [7, 11) is 0. The van der Waals surface area contributed by atoms with Gasteiger partial charge in [0.25, 0.3) is 5.56 Å². The highest BCUT2D eigenvalue weighted by atomic mass is 32.1. The minimum atomic E-state index is -0.699. The van der Waals surface area contributed by atoms with Crippen molar-refractivity contribution >= 4 is 29.2 Å². The summed E-state index contributed by atoms with van der Waals surface area (Å²) in [5, 5.41) is 2.96. The van der Waals surface area contributed by atoms with Gasteiger partial charge in [-0.05, 0) is 30.8 Å². The van der Waals surface area contributed by atoms with Gasteiger partial charge in [-0.15, -0.1) is 4.73 Å². The molecular formula is C13H15N3O3S. The number of aromatic amines is 1. The number of hydrogen-bond donors (Lipinski definition) is 2. The minimum Gasteiger partial charge on any atom is -0.329 e. The molecule has 0 saturated heterocycles. The van der Waals surface area contributed by atoms with E-state index in [1.54, 1.807) is 24.3 Å². The number of nitrogens with zero attached hydrogens (tertiary/aromatic N) is 1. The van der Waals surface area contributed by atoms with E-state index in [0.717, 1.165) is 17.6 Å². The maximum absolute atomic E-state index is 12.2. The first-order valence-electron chi connectivity index (χ1n) is 6.33. The first kappa shape index (κ1) is 14.3. The highest BCUT2D eigenvalue weighted by Gasteiger charge is 2.09. The van der Waals surface area contributed by atoms with Crippen LogP contribution in [0.2, 0.25) is 0 Å². The second-order valence-corrected chi connectivity index (χ2v) is 4.62. The third kappa shape index (κ3) is 3.05. The Morgan fingerprint density at radius 3 is 2.95 bits per heavy atom. The van der Waals surface area contributed by atoms with Gasteiger partial charge in [0.1, 0.15) is 0 Å². The molecule has 2 aromatic rings. The quantitative estimate of drug-likeness (QED) is 0.668. The van der Waals surface area contributed by atoms with E-state index >= 15 is 0 Å². The number of carbonyl (C=O) groups is 1. The normalized spacial score (nSPS) is 10.4. The molecule has 0 aliphatic rings. The topological polar surface area (TPSA) is 76.1 Å². The Morgan fingerprint density at radius 1 is 1.45 bits per heavy atom. The predicted molar refractivity (Wildman–Crippen MR) is 78.3 cm³/mol. The Hall–Kier alpha value is -2.15. The summed E-state index contributed by atoms with van der Waals surface area (Å²) in [5.41, 5.74) is 0.142. The van der Waals surface area contributed by atoms with E-state index in [-0.39, 0.29) is 4.77 Å². The van der Waals surface area contributed by atoms with Crippen molar-refractivity contribution in [2.75, 3.05) is 6.54 Å². The number of rotatable bonds is 4. The van der Waals surface area contributed by atoms with Crippen molar-refractivity contribution in [1.82, 2.24) is 15.0 Å². The van der Waals surface area contributed by atoms with Crippen LogP contribution >= 0.6 is 12.2 Å². The molecule has 0 aliphatic heterocycles. The van der Waals surface area contributed by atoms with Crippen LogP contribution in [0.5, 0.6) is 0 Å². The van der Waals surface area contributed by atoms with E-state index in [1.165, 1.54) is 0 Å². The Kier molecular flexibility index (Phi) is 4.52. The molecule has 6 nitrogen and oxygen atoms in total. The maximum atomic E-state index is 12.2. The number of para-hydroxylation sites is 1. The van der Waals surface area contributed by atoms with Gasteiger partial charge >= 0.3 is 6.09 Å². The fourth-order valence-corrected chi connectivity index (χ4v) is 1.94. The van der Waals surface area contributed by atoms with Crippen LogP contribution in [0.1, 0.15) is 19.8 Å². The molecule has 0 fully saturated rings.